The van der Waals surface area contributed by atoms with Crippen LogP contribution in [0, 0.1) is 5.92 Å². The van der Waals surface area contributed by atoms with Crippen molar-refractivity contribution in [2.24, 2.45) is 5.92 Å². The van der Waals surface area contributed by atoms with Gasteiger partial charge in [0.1, 0.15) is 6.10 Å². The Labute approximate surface area is 105 Å². The molecule has 3 N–H and O–H groups in total. The smallest absolute Gasteiger partial charge is 0.228 e. The van der Waals surface area contributed by atoms with E-state index >= 15 is 0 Å². The minimum atomic E-state index is -1.46. The van der Waals surface area contributed by atoms with Crippen molar-refractivity contribution in [1.29, 1.82) is 0 Å². The molecule has 0 saturated heterocycles. The maximum absolute atomic E-state index is 11.8. The van der Waals surface area contributed by atoms with Crippen LogP contribution in [0.15, 0.2) is 30.3 Å². The largest absolute Gasteiger partial charge is 0.394 e. The van der Waals surface area contributed by atoms with E-state index in [4.69, 9.17) is 5.11 Å². The zero-order valence-electron chi connectivity index (χ0n) is 9.98. The van der Waals surface area contributed by atoms with Crippen molar-refractivity contribution in [3.8, 4) is 0 Å². The lowest BCUT2D eigenvalue weighted by Crippen LogP contribution is -2.40. The number of rotatable bonds is 6. The molecule has 5 heteroatoms. The van der Waals surface area contributed by atoms with Gasteiger partial charge in [0.2, 0.25) is 11.6 Å². The van der Waals surface area contributed by atoms with Gasteiger partial charge in [-0.05, 0) is 0 Å². The summed E-state index contributed by atoms with van der Waals surface area (Å²) in [7, 11) is 0. The van der Waals surface area contributed by atoms with E-state index in [0.29, 0.717) is 0 Å². The van der Waals surface area contributed by atoms with E-state index in [1.165, 1.54) is 19.1 Å². The summed E-state index contributed by atoms with van der Waals surface area (Å²) in [6.07, 6.45) is -2.90. The number of aliphatic hydroxyl groups is 3. The third kappa shape index (κ3) is 3.22. The first-order chi connectivity index (χ1) is 8.49. The van der Waals surface area contributed by atoms with Gasteiger partial charge in [-0.2, -0.15) is 0 Å². The Morgan fingerprint density at radius 3 is 2.22 bits per heavy atom. The number of carbonyl (C=O) groups is 2. The molecule has 0 bridgehead atoms. The third-order valence-electron chi connectivity index (χ3n) is 2.77. The predicted octanol–water partition coefficient (Wildman–Crippen LogP) is -0.211. The highest BCUT2D eigenvalue weighted by Gasteiger charge is 2.31. The van der Waals surface area contributed by atoms with E-state index in [2.05, 4.69) is 0 Å². The Kier molecular flexibility index (Phi) is 5.15. The topological polar surface area (TPSA) is 94.8 Å². The summed E-state index contributed by atoms with van der Waals surface area (Å²) in [4.78, 5) is 23.6. The summed E-state index contributed by atoms with van der Waals surface area (Å²) in [6.45, 7) is 0.672. The summed E-state index contributed by atoms with van der Waals surface area (Å²) < 4.78 is 0. The van der Waals surface area contributed by atoms with Crippen LogP contribution in [0.2, 0.25) is 0 Å². The molecular formula is C13H16O5. The number of ketones is 2. The molecule has 18 heavy (non-hydrogen) atoms. The van der Waals surface area contributed by atoms with Gasteiger partial charge in [-0.15, -0.1) is 0 Å². The van der Waals surface area contributed by atoms with Crippen LogP contribution < -0.4 is 0 Å². The minimum absolute atomic E-state index is 0.236. The zero-order chi connectivity index (χ0) is 13.7. The van der Waals surface area contributed by atoms with Crippen LogP contribution in [0.25, 0.3) is 0 Å². The van der Waals surface area contributed by atoms with Crippen molar-refractivity contribution in [3.63, 3.8) is 0 Å². The Balaban J connectivity index is 2.79. The number of hydrogen-bond acceptors (Lipinski definition) is 5. The fourth-order valence-electron chi connectivity index (χ4n) is 1.53. The van der Waals surface area contributed by atoms with E-state index in [9.17, 15) is 19.8 Å². The van der Waals surface area contributed by atoms with E-state index in [1.807, 2.05) is 0 Å². The lowest BCUT2D eigenvalue weighted by atomic mass is 9.91. The van der Waals surface area contributed by atoms with Gasteiger partial charge in [0.05, 0.1) is 18.6 Å². The molecule has 0 fully saturated rings. The Morgan fingerprint density at radius 2 is 1.72 bits per heavy atom. The molecule has 3 unspecified atom stereocenters. The second-order valence-corrected chi connectivity index (χ2v) is 4.09. The van der Waals surface area contributed by atoms with Crippen molar-refractivity contribution in [2.75, 3.05) is 6.61 Å². The predicted molar refractivity (Wildman–Crippen MR) is 64.0 cm³/mol. The second kappa shape index (κ2) is 6.39. The summed E-state index contributed by atoms with van der Waals surface area (Å²) in [5, 5.41) is 27.5. The lowest BCUT2D eigenvalue weighted by Gasteiger charge is -2.20. The molecule has 0 aliphatic heterocycles. The molecule has 0 aliphatic carbocycles. The molecule has 0 saturated carbocycles. The van der Waals surface area contributed by atoms with Crippen LogP contribution in [0.5, 0.6) is 0 Å². The maximum atomic E-state index is 11.8. The van der Waals surface area contributed by atoms with Crippen molar-refractivity contribution < 1.29 is 24.9 Å². The molecule has 0 radical (unpaired) electrons. The molecule has 0 aliphatic rings. The minimum Gasteiger partial charge on any atom is -0.394 e. The average molecular weight is 252 g/mol. The first kappa shape index (κ1) is 14.5. The first-order valence-electron chi connectivity index (χ1n) is 5.59. The van der Waals surface area contributed by atoms with Crippen molar-refractivity contribution in [3.05, 3.63) is 35.9 Å². The van der Waals surface area contributed by atoms with Gasteiger partial charge in [-0.25, -0.2) is 0 Å². The van der Waals surface area contributed by atoms with Gasteiger partial charge in [-0.1, -0.05) is 37.3 Å². The molecule has 0 amide bonds. The van der Waals surface area contributed by atoms with Crippen LogP contribution >= 0.6 is 0 Å². The number of carbonyl (C=O) groups excluding carboxylic acids is 2. The van der Waals surface area contributed by atoms with Crippen molar-refractivity contribution in [1.82, 2.24) is 0 Å². The highest BCUT2D eigenvalue weighted by Crippen LogP contribution is 2.12. The highest BCUT2D eigenvalue weighted by molar-refractivity contribution is 6.44. The van der Waals surface area contributed by atoms with Gasteiger partial charge >= 0.3 is 0 Å². The van der Waals surface area contributed by atoms with E-state index in [1.54, 1.807) is 18.2 Å². The second-order valence-electron chi connectivity index (χ2n) is 4.09. The number of hydrogen-bond donors (Lipinski definition) is 3. The standard InChI is InChI=1S/C13H16O5/c1-8(11(16)10(15)7-14)12(17)13(18)9-5-3-2-4-6-9/h2-6,8,10-11,14-16H,7H2,1H3. The maximum Gasteiger partial charge on any atom is 0.228 e. The highest BCUT2D eigenvalue weighted by atomic mass is 16.4. The molecule has 98 valence electrons. The molecule has 3 atom stereocenters. The molecule has 0 heterocycles. The summed E-state index contributed by atoms with van der Waals surface area (Å²) in [5.41, 5.74) is 0.236. The molecule has 1 aromatic carbocycles. The van der Waals surface area contributed by atoms with Crippen LogP contribution in [-0.2, 0) is 4.79 Å². The molecular weight excluding hydrogens is 236 g/mol. The van der Waals surface area contributed by atoms with Crippen molar-refractivity contribution >= 4 is 11.6 Å². The van der Waals surface area contributed by atoms with Crippen molar-refractivity contribution in [2.45, 2.75) is 19.1 Å². The van der Waals surface area contributed by atoms with Gasteiger partial charge in [-0.3, -0.25) is 9.59 Å². The quantitative estimate of drug-likeness (QED) is 0.481. The van der Waals surface area contributed by atoms with Gasteiger partial charge in [0, 0.05) is 5.56 Å². The lowest BCUT2D eigenvalue weighted by molar-refractivity contribution is -0.125. The number of benzene rings is 1. The van der Waals surface area contributed by atoms with Crippen LogP contribution in [0.4, 0.5) is 0 Å². The average Bonchev–Trinajstić information content (AvgIpc) is 2.44. The SMILES string of the molecule is CC(C(=O)C(=O)c1ccccc1)C(O)C(O)CO. The summed E-state index contributed by atoms with van der Waals surface area (Å²) in [5.74, 6) is -2.58. The normalized spacial score (nSPS) is 15.8. The van der Waals surface area contributed by atoms with Gasteiger partial charge in [0.25, 0.3) is 0 Å². The van der Waals surface area contributed by atoms with E-state index in [0.717, 1.165) is 0 Å². The fourth-order valence-corrected chi connectivity index (χ4v) is 1.53. The van der Waals surface area contributed by atoms with Gasteiger partial charge < -0.3 is 15.3 Å². The summed E-state index contributed by atoms with van der Waals surface area (Å²) in [6, 6.07) is 7.98. The molecule has 1 aromatic rings. The number of Topliss-reactive ketones (excluding diaryl/α,β-unsaturated/α-hetero) is 2. The van der Waals surface area contributed by atoms with Crippen LogP contribution in [-0.4, -0.2) is 45.7 Å². The number of aliphatic hydroxyl groups excluding tert-OH is 3. The monoisotopic (exact) mass is 252 g/mol. The van der Waals surface area contributed by atoms with Crippen LogP contribution in [0.3, 0.4) is 0 Å². The Bertz CT molecular complexity index is 415. The first-order valence-corrected chi connectivity index (χ1v) is 5.59. The molecule has 0 spiro atoms. The molecule has 0 aromatic heterocycles. The van der Waals surface area contributed by atoms with Gasteiger partial charge in [0.15, 0.2) is 0 Å². The van der Waals surface area contributed by atoms with Crippen LogP contribution in [0.1, 0.15) is 17.3 Å². The van der Waals surface area contributed by atoms with E-state index < -0.39 is 36.3 Å². The zero-order valence-corrected chi connectivity index (χ0v) is 9.98. The molecule has 1 rings (SSSR count). The van der Waals surface area contributed by atoms with E-state index in [-0.39, 0.29) is 5.56 Å². The fraction of sp³-hybridized carbons (Fsp3) is 0.385. The Hall–Kier alpha value is -1.56. The third-order valence-corrected chi connectivity index (χ3v) is 2.77. The Morgan fingerprint density at radius 1 is 1.17 bits per heavy atom. The summed E-state index contributed by atoms with van der Waals surface area (Å²) >= 11 is 0. The molecule has 5 nitrogen and oxygen atoms in total.